The minimum atomic E-state index is 0.892. The molecule has 1 aromatic heterocycles. The second kappa shape index (κ2) is 13.8. The summed E-state index contributed by atoms with van der Waals surface area (Å²) in [5.41, 5.74) is 17.7. The Morgan fingerprint density at radius 2 is 1.02 bits per heavy atom. The van der Waals surface area contributed by atoms with Gasteiger partial charge in [-0.3, -0.25) is 0 Å². The van der Waals surface area contributed by atoms with Crippen LogP contribution in [0.4, 0.5) is 17.1 Å². The molecule has 0 aliphatic heterocycles. The number of nitrogens with zero attached hydrogens (tertiary/aromatic N) is 2. The molecule has 0 fully saturated rings. The van der Waals surface area contributed by atoms with E-state index in [2.05, 4.69) is 230 Å². The fourth-order valence-corrected chi connectivity index (χ4v) is 10.7. The maximum Gasteiger partial charge on any atom is 0.0553 e. The molecule has 0 radical (unpaired) electrons. The first-order chi connectivity index (χ1) is 31.1. The van der Waals surface area contributed by atoms with E-state index in [1.807, 2.05) is 0 Å². The summed E-state index contributed by atoms with van der Waals surface area (Å²) < 4.78 is 2.45. The molecule has 1 heterocycles. The van der Waals surface area contributed by atoms with E-state index in [0.29, 0.717) is 0 Å². The average Bonchev–Trinajstić information content (AvgIpc) is 3.88. The van der Waals surface area contributed by atoms with Crippen LogP contribution < -0.4 is 4.90 Å². The molecule has 0 atom stereocenters. The Morgan fingerprint density at radius 1 is 0.397 bits per heavy atom. The summed E-state index contributed by atoms with van der Waals surface area (Å²) in [5, 5.41) is 12.7. The fraction of sp³-hybridized carbons (Fsp3) is 0.0492. The van der Waals surface area contributed by atoms with Crippen molar-refractivity contribution in [3.8, 4) is 16.8 Å². The second-order valence-electron chi connectivity index (χ2n) is 17.4. The number of anilines is 3. The Balaban J connectivity index is 0.909. The highest BCUT2D eigenvalue weighted by Crippen LogP contribution is 2.47. The van der Waals surface area contributed by atoms with Crippen molar-refractivity contribution in [1.29, 1.82) is 0 Å². The lowest BCUT2D eigenvalue weighted by Gasteiger charge is -2.28. The third-order valence-electron chi connectivity index (χ3n) is 13.9. The molecule has 296 valence electrons. The van der Waals surface area contributed by atoms with Crippen molar-refractivity contribution in [3.63, 3.8) is 0 Å². The van der Waals surface area contributed by atoms with Gasteiger partial charge in [-0.05, 0) is 163 Å². The van der Waals surface area contributed by atoms with Crippen LogP contribution in [-0.2, 0) is 6.42 Å². The maximum atomic E-state index is 2.48. The van der Waals surface area contributed by atoms with E-state index in [0.717, 1.165) is 17.8 Å². The molecule has 1 aliphatic carbocycles. The number of para-hydroxylation sites is 1. The van der Waals surface area contributed by atoms with Gasteiger partial charge in [0.05, 0.1) is 16.7 Å². The highest BCUT2D eigenvalue weighted by atomic mass is 15.1. The fourth-order valence-electron chi connectivity index (χ4n) is 10.7. The summed E-state index contributed by atoms with van der Waals surface area (Å²) >= 11 is 0. The predicted octanol–water partition coefficient (Wildman–Crippen LogP) is 16.8. The summed E-state index contributed by atoms with van der Waals surface area (Å²) in [5.74, 6) is 0. The van der Waals surface area contributed by atoms with Crippen LogP contribution in [-0.4, -0.2) is 4.57 Å². The smallest absolute Gasteiger partial charge is 0.0553 e. The van der Waals surface area contributed by atoms with Gasteiger partial charge in [0.15, 0.2) is 0 Å². The van der Waals surface area contributed by atoms with E-state index in [1.165, 1.54) is 121 Å². The molecule has 2 heteroatoms. The van der Waals surface area contributed by atoms with Crippen LogP contribution in [0.5, 0.6) is 0 Å². The normalized spacial score (nSPS) is 12.8. The van der Waals surface area contributed by atoms with Crippen LogP contribution >= 0.6 is 0 Å². The number of allylic oxidation sites excluding steroid dienone is 2. The molecule has 13 rings (SSSR count). The van der Waals surface area contributed by atoms with E-state index >= 15 is 0 Å². The molecule has 0 unspecified atom stereocenters. The first-order valence-corrected chi connectivity index (χ1v) is 22.0. The summed E-state index contributed by atoms with van der Waals surface area (Å²) in [7, 11) is 0. The Hall–Kier alpha value is -7.94. The van der Waals surface area contributed by atoms with Gasteiger partial charge in [-0.1, -0.05) is 146 Å². The Morgan fingerprint density at radius 3 is 1.87 bits per heavy atom. The summed E-state index contributed by atoms with van der Waals surface area (Å²) in [4.78, 5) is 2.48. The lowest BCUT2D eigenvalue weighted by Crippen LogP contribution is -2.11. The zero-order valence-corrected chi connectivity index (χ0v) is 35.2. The molecular weight excluding hydrogens is 761 g/mol. The lowest BCUT2D eigenvalue weighted by molar-refractivity contribution is 1.18. The van der Waals surface area contributed by atoms with Crippen molar-refractivity contribution < 1.29 is 0 Å². The van der Waals surface area contributed by atoms with Gasteiger partial charge in [0, 0.05) is 33.2 Å². The van der Waals surface area contributed by atoms with Crippen LogP contribution in [0.1, 0.15) is 36.1 Å². The van der Waals surface area contributed by atoms with E-state index in [-0.39, 0.29) is 0 Å². The van der Waals surface area contributed by atoms with E-state index in [9.17, 15) is 0 Å². The quantitative estimate of drug-likeness (QED) is 0.120. The standard InChI is InChI=1S/C61H42N2/c1-38(39(2)46-32-45-24-23-41-16-12-22-57-60(41)61(45)59(37-46)63(57)49-17-4-3-5-18-49)42-26-29-53-47(31-42)33-48-35-51(28-30-54(48)53)62(50-27-25-40-13-6-7-14-43(40)34-50)58-36-44-15-8-9-19-52(44)55-20-10-11-21-56(55)58/h3-32,34-37H,33H2,1-2H3/b39-38+. The number of hydrogen-bond acceptors (Lipinski definition) is 1. The van der Waals surface area contributed by atoms with E-state index in [1.54, 1.807) is 0 Å². The van der Waals surface area contributed by atoms with Crippen molar-refractivity contribution in [3.05, 3.63) is 229 Å². The largest absolute Gasteiger partial charge is 0.310 e. The Labute approximate surface area is 366 Å². The molecule has 2 nitrogen and oxygen atoms in total. The van der Waals surface area contributed by atoms with Crippen molar-refractivity contribution in [2.45, 2.75) is 20.3 Å². The van der Waals surface area contributed by atoms with Crippen LogP contribution in [0.3, 0.4) is 0 Å². The lowest BCUT2D eigenvalue weighted by atomic mass is 9.92. The Bertz CT molecular complexity index is 3850. The molecule has 0 N–H and O–H groups in total. The van der Waals surface area contributed by atoms with Crippen molar-refractivity contribution in [2.24, 2.45) is 0 Å². The highest BCUT2D eigenvalue weighted by molar-refractivity contribution is 6.25. The molecular formula is C61H42N2. The third kappa shape index (κ3) is 5.51. The number of aromatic nitrogens is 1. The van der Waals surface area contributed by atoms with Gasteiger partial charge in [0.2, 0.25) is 0 Å². The number of rotatable bonds is 6. The molecule has 0 saturated heterocycles. The molecule has 12 aromatic rings. The first-order valence-electron chi connectivity index (χ1n) is 22.0. The van der Waals surface area contributed by atoms with E-state index < -0.39 is 0 Å². The zero-order chi connectivity index (χ0) is 41.8. The average molecular weight is 803 g/mol. The number of hydrogen-bond donors (Lipinski definition) is 0. The summed E-state index contributed by atoms with van der Waals surface area (Å²) in [6, 6.07) is 76.7. The monoisotopic (exact) mass is 802 g/mol. The van der Waals surface area contributed by atoms with Gasteiger partial charge >= 0.3 is 0 Å². The Kier molecular flexibility index (Phi) is 7.83. The van der Waals surface area contributed by atoms with Crippen molar-refractivity contribution >= 4 is 93.1 Å². The molecule has 1 aliphatic rings. The first kappa shape index (κ1) is 35.8. The zero-order valence-electron chi connectivity index (χ0n) is 35.2. The van der Waals surface area contributed by atoms with Gasteiger partial charge < -0.3 is 9.47 Å². The van der Waals surface area contributed by atoms with Gasteiger partial charge in [-0.25, -0.2) is 0 Å². The van der Waals surface area contributed by atoms with Gasteiger partial charge in [0.25, 0.3) is 0 Å². The van der Waals surface area contributed by atoms with Gasteiger partial charge in [-0.15, -0.1) is 0 Å². The van der Waals surface area contributed by atoms with Crippen molar-refractivity contribution in [1.82, 2.24) is 4.57 Å². The summed E-state index contributed by atoms with van der Waals surface area (Å²) in [6.45, 7) is 4.59. The van der Waals surface area contributed by atoms with Gasteiger partial charge in [0.1, 0.15) is 0 Å². The molecule has 0 saturated carbocycles. The van der Waals surface area contributed by atoms with Crippen LogP contribution in [0.2, 0.25) is 0 Å². The highest BCUT2D eigenvalue weighted by Gasteiger charge is 2.24. The summed E-state index contributed by atoms with van der Waals surface area (Å²) in [6.07, 6.45) is 0.892. The predicted molar refractivity (Wildman–Crippen MR) is 270 cm³/mol. The second-order valence-corrected chi connectivity index (χ2v) is 17.4. The minimum absolute atomic E-state index is 0.892. The SMILES string of the molecule is C/C(=C(/C)c1cc2ccc3cccc4c3c2c(c1)n4-c1ccccc1)c1ccc2c(c1)Cc1cc(N(c3ccc4ccccc4c3)c3cc4ccccc4c4ccccc34)ccc1-2. The minimum Gasteiger partial charge on any atom is -0.310 e. The molecule has 0 bridgehead atoms. The molecule has 11 aromatic carbocycles. The maximum absolute atomic E-state index is 2.48. The molecule has 0 spiro atoms. The molecule has 63 heavy (non-hydrogen) atoms. The topological polar surface area (TPSA) is 8.17 Å². The van der Waals surface area contributed by atoms with E-state index in [4.69, 9.17) is 0 Å². The number of fused-ring (bicyclic) bond motifs is 7. The van der Waals surface area contributed by atoms with Gasteiger partial charge in [-0.2, -0.15) is 0 Å². The number of benzene rings is 11. The van der Waals surface area contributed by atoms with Crippen LogP contribution in [0.15, 0.2) is 206 Å². The van der Waals surface area contributed by atoms with Crippen LogP contribution in [0, 0.1) is 0 Å². The van der Waals surface area contributed by atoms with Crippen molar-refractivity contribution in [2.75, 3.05) is 4.90 Å². The molecule has 0 amide bonds. The van der Waals surface area contributed by atoms with Crippen LogP contribution in [0.25, 0.3) is 92.9 Å². The third-order valence-corrected chi connectivity index (χ3v) is 13.9.